The number of nitrogens with one attached hydrogen (secondary N) is 1. The molecule has 1 fully saturated rings. The quantitative estimate of drug-likeness (QED) is 0.895. The molecule has 2 aromatic carbocycles. The van der Waals surface area contributed by atoms with Gasteiger partial charge in [0.1, 0.15) is 0 Å². The van der Waals surface area contributed by atoms with E-state index in [4.69, 9.17) is 17.3 Å². The summed E-state index contributed by atoms with van der Waals surface area (Å²) in [7, 11) is 0. The van der Waals surface area contributed by atoms with E-state index in [0.717, 1.165) is 30.4 Å². The smallest absolute Gasteiger partial charge is 0.253 e. The maximum atomic E-state index is 12.6. The number of hydrogen-bond donors (Lipinski definition) is 2. The zero-order valence-corrected chi connectivity index (χ0v) is 13.7. The number of benzene rings is 2. The molecule has 0 aromatic heterocycles. The monoisotopic (exact) mass is 328 g/mol. The summed E-state index contributed by atoms with van der Waals surface area (Å²) < 4.78 is 0. The molecule has 0 heterocycles. The van der Waals surface area contributed by atoms with Crippen LogP contribution in [0.15, 0.2) is 48.5 Å². The van der Waals surface area contributed by atoms with Crippen LogP contribution in [0.25, 0.3) is 11.1 Å². The molecule has 2 aromatic rings. The summed E-state index contributed by atoms with van der Waals surface area (Å²) in [6.45, 7) is 0.614. The Morgan fingerprint density at radius 2 is 1.91 bits per heavy atom. The molecule has 0 saturated heterocycles. The van der Waals surface area contributed by atoms with Gasteiger partial charge in [-0.15, -0.1) is 0 Å². The lowest BCUT2D eigenvalue weighted by Gasteiger charge is -2.20. The van der Waals surface area contributed by atoms with Gasteiger partial charge in [0.15, 0.2) is 0 Å². The number of hydrogen-bond acceptors (Lipinski definition) is 2. The molecule has 2 unspecified atom stereocenters. The minimum absolute atomic E-state index is 0.113. The Bertz CT molecular complexity index is 687. The summed E-state index contributed by atoms with van der Waals surface area (Å²) in [5.74, 6) is 0.258. The van der Waals surface area contributed by atoms with Crippen LogP contribution in [-0.4, -0.2) is 18.5 Å². The molecular weight excluding hydrogens is 308 g/mol. The van der Waals surface area contributed by atoms with Gasteiger partial charge >= 0.3 is 0 Å². The van der Waals surface area contributed by atoms with E-state index in [1.165, 1.54) is 0 Å². The Balaban J connectivity index is 1.83. The maximum Gasteiger partial charge on any atom is 0.253 e. The molecule has 3 N–H and O–H groups in total. The zero-order valence-electron chi connectivity index (χ0n) is 13.0. The third kappa shape index (κ3) is 3.57. The van der Waals surface area contributed by atoms with Gasteiger partial charge in [0, 0.05) is 6.04 Å². The second-order valence-corrected chi connectivity index (χ2v) is 6.47. The molecule has 120 valence electrons. The van der Waals surface area contributed by atoms with Gasteiger partial charge < -0.3 is 11.1 Å². The number of amides is 1. The van der Waals surface area contributed by atoms with E-state index in [9.17, 15) is 4.79 Å². The highest BCUT2D eigenvalue weighted by atomic mass is 35.5. The molecule has 1 saturated carbocycles. The van der Waals surface area contributed by atoms with Crippen LogP contribution in [0.2, 0.25) is 5.02 Å². The highest BCUT2D eigenvalue weighted by Gasteiger charge is 2.28. The average molecular weight is 329 g/mol. The minimum atomic E-state index is -0.113. The second-order valence-electron chi connectivity index (χ2n) is 6.07. The van der Waals surface area contributed by atoms with Crippen LogP contribution >= 0.6 is 11.6 Å². The fourth-order valence-corrected chi connectivity index (χ4v) is 3.47. The fraction of sp³-hybridized carbons (Fsp3) is 0.316. The van der Waals surface area contributed by atoms with Gasteiger partial charge in [0.05, 0.1) is 10.6 Å². The second kappa shape index (κ2) is 7.16. The van der Waals surface area contributed by atoms with Crippen molar-refractivity contribution in [2.24, 2.45) is 11.7 Å². The maximum absolute atomic E-state index is 12.6. The predicted molar refractivity (Wildman–Crippen MR) is 94.5 cm³/mol. The predicted octanol–water partition coefficient (Wildman–Crippen LogP) is 3.86. The van der Waals surface area contributed by atoms with E-state index in [-0.39, 0.29) is 11.9 Å². The Labute approximate surface area is 141 Å². The number of carbonyl (C=O) groups excluding carboxylic acids is 1. The third-order valence-corrected chi connectivity index (χ3v) is 4.93. The number of halogens is 1. The zero-order chi connectivity index (χ0) is 16.2. The third-order valence-electron chi connectivity index (χ3n) is 4.60. The van der Waals surface area contributed by atoms with Gasteiger partial charge in [-0.2, -0.15) is 0 Å². The van der Waals surface area contributed by atoms with Crippen LogP contribution in [0, 0.1) is 5.92 Å². The Kier molecular flexibility index (Phi) is 4.99. The highest BCUT2D eigenvalue weighted by molar-refractivity contribution is 6.34. The van der Waals surface area contributed by atoms with E-state index in [1.807, 2.05) is 42.5 Å². The lowest BCUT2D eigenvalue weighted by atomic mass is 10.0. The molecule has 23 heavy (non-hydrogen) atoms. The molecule has 0 radical (unpaired) electrons. The summed E-state index contributed by atoms with van der Waals surface area (Å²) in [5, 5.41) is 3.59. The van der Waals surface area contributed by atoms with Crippen molar-refractivity contribution in [3.05, 3.63) is 59.1 Å². The SMILES string of the molecule is NCC1CCCC1NC(=O)c1cc(-c2ccccc2)ccc1Cl. The largest absolute Gasteiger partial charge is 0.349 e. The molecule has 0 bridgehead atoms. The van der Waals surface area contributed by atoms with Crippen molar-refractivity contribution in [3.63, 3.8) is 0 Å². The van der Waals surface area contributed by atoms with Gasteiger partial charge in [-0.25, -0.2) is 0 Å². The first kappa shape index (κ1) is 16.0. The normalized spacial score (nSPS) is 20.4. The Morgan fingerprint density at radius 3 is 2.65 bits per heavy atom. The number of rotatable bonds is 4. The van der Waals surface area contributed by atoms with E-state index in [0.29, 0.717) is 23.0 Å². The summed E-state index contributed by atoms with van der Waals surface area (Å²) in [6, 6.07) is 15.7. The van der Waals surface area contributed by atoms with E-state index >= 15 is 0 Å². The number of carbonyl (C=O) groups is 1. The molecule has 1 aliphatic rings. The van der Waals surface area contributed by atoms with Crippen LogP contribution in [0.5, 0.6) is 0 Å². The summed E-state index contributed by atoms with van der Waals surface area (Å²) >= 11 is 6.25. The van der Waals surface area contributed by atoms with Gasteiger partial charge in [0.2, 0.25) is 0 Å². The van der Waals surface area contributed by atoms with Crippen LogP contribution < -0.4 is 11.1 Å². The molecule has 1 amide bonds. The Hall–Kier alpha value is -1.84. The lowest BCUT2D eigenvalue weighted by molar-refractivity contribution is 0.0929. The first-order chi connectivity index (χ1) is 11.2. The molecule has 0 spiro atoms. The van der Waals surface area contributed by atoms with Gasteiger partial charge in [-0.05, 0) is 48.6 Å². The van der Waals surface area contributed by atoms with Gasteiger partial charge in [-0.1, -0.05) is 54.4 Å². The summed E-state index contributed by atoms with van der Waals surface area (Å²) in [5.41, 5.74) is 8.37. The minimum Gasteiger partial charge on any atom is -0.349 e. The van der Waals surface area contributed by atoms with E-state index in [2.05, 4.69) is 5.32 Å². The highest BCUT2D eigenvalue weighted by Crippen LogP contribution is 2.28. The van der Waals surface area contributed by atoms with Crippen molar-refractivity contribution in [2.75, 3.05) is 6.54 Å². The van der Waals surface area contributed by atoms with E-state index < -0.39 is 0 Å². The van der Waals surface area contributed by atoms with Crippen molar-refractivity contribution < 1.29 is 4.79 Å². The van der Waals surface area contributed by atoms with Crippen LogP contribution in [0.1, 0.15) is 29.6 Å². The van der Waals surface area contributed by atoms with Crippen molar-refractivity contribution >= 4 is 17.5 Å². The molecule has 3 rings (SSSR count). The molecule has 4 heteroatoms. The molecular formula is C19H21ClN2O. The van der Waals surface area contributed by atoms with Crippen LogP contribution in [0.4, 0.5) is 0 Å². The van der Waals surface area contributed by atoms with Crippen molar-refractivity contribution in [3.8, 4) is 11.1 Å². The van der Waals surface area contributed by atoms with E-state index in [1.54, 1.807) is 6.07 Å². The van der Waals surface area contributed by atoms with Gasteiger partial charge in [-0.3, -0.25) is 4.79 Å². The first-order valence-corrected chi connectivity index (χ1v) is 8.42. The average Bonchev–Trinajstić information content (AvgIpc) is 3.03. The van der Waals surface area contributed by atoms with Crippen LogP contribution in [0.3, 0.4) is 0 Å². The summed E-state index contributed by atoms with van der Waals surface area (Å²) in [6.07, 6.45) is 3.19. The molecule has 0 aliphatic heterocycles. The van der Waals surface area contributed by atoms with Crippen molar-refractivity contribution in [1.29, 1.82) is 0 Å². The first-order valence-electron chi connectivity index (χ1n) is 8.05. The summed E-state index contributed by atoms with van der Waals surface area (Å²) in [4.78, 5) is 12.6. The number of nitrogens with two attached hydrogens (primary N) is 1. The molecule has 3 nitrogen and oxygen atoms in total. The van der Waals surface area contributed by atoms with Crippen molar-refractivity contribution in [1.82, 2.24) is 5.32 Å². The molecule has 2 atom stereocenters. The lowest BCUT2D eigenvalue weighted by Crippen LogP contribution is -2.40. The topological polar surface area (TPSA) is 55.1 Å². The van der Waals surface area contributed by atoms with Crippen LogP contribution in [-0.2, 0) is 0 Å². The fourth-order valence-electron chi connectivity index (χ4n) is 3.26. The molecule has 1 aliphatic carbocycles. The van der Waals surface area contributed by atoms with Gasteiger partial charge in [0.25, 0.3) is 5.91 Å². The Morgan fingerprint density at radius 1 is 1.13 bits per heavy atom. The van der Waals surface area contributed by atoms with Crippen molar-refractivity contribution in [2.45, 2.75) is 25.3 Å². The standard InChI is InChI=1S/C19H21ClN2O/c20-17-10-9-14(13-5-2-1-3-6-13)11-16(17)19(23)22-18-8-4-7-15(18)12-21/h1-3,5-6,9-11,15,18H,4,7-8,12,21H2,(H,22,23).